The Labute approximate surface area is 57.2 Å². The van der Waals surface area contributed by atoms with Crippen molar-refractivity contribution in [3.05, 3.63) is 0 Å². The lowest BCUT2D eigenvalue weighted by Gasteiger charge is -2.09. The molecule has 0 N–H and O–H groups in total. The molecule has 0 bridgehead atoms. The second-order valence-corrected chi connectivity index (χ2v) is 3.55. The van der Waals surface area contributed by atoms with Gasteiger partial charge in [0.1, 0.15) is 0 Å². The molecule has 0 aliphatic heterocycles. The largest absolute Gasteiger partial charge is 0.345 e. The van der Waals surface area contributed by atoms with Crippen LogP contribution >= 0.6 is 0 Å². The van der Waals surface area contributed by atoms with Gasteiger partial charge in [-0.2, -0.15) is 8.42 Å². The first-order valence-corrected chi connectivity index (χ1v) is 3.72. The molecule has 3 nitrogen and oxygen atoms in total. The highest BCUT2D eigenvalue weighted by atomic mass is 32.3. The van der Waals surface area contributed by atoms with Crippen LogP contribution < -0.4 is 0 Å². The molecule has 0 fully saturated rings. The van der Waals surface area contributed by atoms with Gasteiger partial charge >= 0.3 is 10.2 Å². The molecule has 1 atom stereocenters. The average molecular weight is 172 g/mol. The third kappa shape index (κ3) is 1.50. The number of hydrogen-bond acceptors (Lipinski definition) is 3. The van der Waals surface area contributed by atoms with E-state index < -0.39 is 21.0 Å². The van der Waals surface area contributed by atoms with Gasteiger partial charge in [0.25, 0.3) is 5.00 Å². The summed E-state index contributed by atoms with van der Waals surface area (Å²) < 4.78 is 43.9. The Bertz CT molecular complexity index is 241. The van der Waals surface area contributed by atoms with Crippen molar-refractivity contribution in [2.45, 2.75) is 18.8 Å². The quantitative estimate of drug-likeness (QED) is 0.572. The summed E-state index contributed by atoms with van der Waals surface area (Å²) in [5, 5.41) is -3.40. The topological polar surface area (TPSA) is 51.2 Å². The Balaban J connectivity index is 4.95. The molecule has 10 heavy (non-hydrogen) atoms. The van der Waals surface area contributed by atoms with E-state index in [2.05, 4.69) is 0 Å². The van der Waals surface area contributed by atoms with Crippen LogP contribution in [0, 0.1) is 0 Å². The fourth-order valence-electron chi connectivity index (χ4n) is 0.172. The van der Waals surface area contributed by atoms with E-state index in [-0.39, 0.29) is 0 Å². The third-order valence-corrected chi connectivity index (χ3v) is 2.29. The first-order chi connectivity index (χ1) is 4.19. The van der Waals surface area contributed by atoms with Gasteiger partial charge in [-0.05, 0) is 13.8 Å². The molecule has 0 rings (SSSR count). The lowest BCUT2D eigenvalue weighted by molar-refractivity contribution is -0.123. The van der Waals surface area contributed by atoms with Gasteiger partial charge in [0.15, 0.2) is 5.78 Å². The summed E-state index contributed by atoms with van der Waals surface area (Å²) in [5.74, 6) is -1.37. The number of halogens is 2. The standard InChI is InChI=1S/C4H6F2O3S/c1-3(7)4(2,5)10(6,8)9/h1-2H3. The summed E-state index contributed by atoms with van der Waals surface area (Å²) >= 11 is 0. The predicted molar refractivity (Wildman–Crippen MR) is 30.2 cm³/mol. The number of carbonyl (C=O) groups is 1. The SMILES string of the molecule is CC(=O)C(C)(F)S(=O)(=O)F. The van der Waals surface area contributed by atoms with Gasteiger partial charge < -0.3 is 0 Å². The second-order valence-electron chi connectivity index (χ2n) is 1.91. The summed E-state index contributed by atoms with van der Waals surface area (Å²) in [6.07, 6.45) is 0. The van der Waals surface area contributed by atoms with Gasteiger partial charge in [-0.15, -0.1) is 3.89 Å². The zero-order chi connectivity index (χ0) is 8.58. The van der Waals surface area contributed by atoms with E-state index >= 15 is 0 Å². The van der Waals surface area contributed by atoms with Crippen molar-refractivity contribution in [3.8, 4) is 0 Å². The molecule has 6 heteroatoms. The van der Waals surface area contributed by atoms with Gasteiger partial charge in [0.05, 0.1) is 0 Å². The fourth-order valence-corrected chi connectivity index (χ4v) is 0.515. The molecule has 60 valence electrons. The van der Waals surface area contributed by atoms with Crippen molar-refractivity contribution in [1.29, 1.82) is 0 Å². The van der Waals surface area contributed by atoms with E-state index in [1.54, 1.807) is 0 Å². The van der Waals surface area contributed by atoms with Crippen LogP contribution in [0.4, 0.5) is 8.28 Å². The summed E-state index contributed by atoms with van der Waals surface area (Å²) in [5.41, 5.74) is 0. The summed E-state index contributed by atoms with van der Waals surface area (Å²) in [6, 6.07) is 0. The molecular formula is C4H6F2O3S. The molecule has 0 heterocycles. The lowest BCUT2D eigenvalue weighted by atomic mass is 10.3. The normalized spacial score (nSPS) is 18.0. The number of alkyl halides is 1. The van der Waals surface area contributed by atoms with Crippen molar-refractivity contribution < 1.29 is 21.5 Å². The van der Waals surface area contributed by atoms with Crippen LogP contribution in [0.1, 0.15) is 13.8 Å². The molecule has 0 aliphatic rings. The number of hydrogen-bond donors (Lipinski definition) is 0. The highest BCUT2D eigenvalue weighted by Crippen LogP contribution is 2.21. The van der Waals surface area contributed by atoms with Crippen molar-refractivity contribution in [3.63, 3.8) is 0 Å². The number of carbonyl (C=O) groups excluding carboxylic acids is 1. The molecule has 0 aromatic rings. The molecule has 0 aromatic heterocycles. The second kappa shape index (κ2) is 2.26. The first-order valence-electron chi connectivity index (χ1n) is 2.33. The minimum Gasteiger partial charge on any atom is -0.295 e. The predicted octanol–water partition coefficient (Wildman–Crippen LogP) is 0.560. The highest BCUT2D eigenvalue weighted by Gasteiger charge is 2.44. The van der Waals surface area contributed by atoms with E-state index in [1.807, 2.05) is 0 Å². The average Bonchev–Trinajstić information content (AvgIpc) is 1.62. The number of Topliss-reactive ketones (excluding diaryl/α,β-unsaturated/α-hetero) is 1. The maximum atomic E-state index is 12.4. The highest BCUT2D eigenvalue weighted by molar-refractivity contribution is 7.88. The van der Waals surface area contributed by atoms with Crippen LogP contribution in [0.5, 0.6) is 0 Å². The van der Waals surface area contributed by atoms with Crippen molar-refractivity contribution in [2.75, 3.05) is 0 Å². The smallest absolute Gasteiger partial charge is 0.295 e. The zero-order valence-corrected chi connectivity index (χ0v) is 6.21. The van der Waals surface area contributed by atoms with E-state index in [0.29, 0.717) is 13.8 Å². The van der Waals surface area contributed by atoms with Crippen molar-refractivity contribution >= 4 is 16.0 Å². The molecule has 0 saturated heterocycles. The third-order valence-electron chi connectivity index (χ3n) is 1.09. The van der Waals surface area contributed by atoms with Crippen LogP contribution in [0.15, 0.2) is 0 Å². The van der Waals surface area contributed by atoms with E-state index in [4.69, 9.17) is 0 Å². The molecule has 0 radical (unpaired) electrons. The van der Waals surface area contributed by atoms with Crippen LogP contribution in [-0.4, -0.2) is 19.2 Å². The Morgan fingerprint density at radius 1 is 1.50 bits per heavy atom. The molecule has 0 aromatic carbocycles. The van der Waals surface area contributed by atoms with Gasteiger partial charge in [0, 0.05) is 0 Å². The van der Waals surface area contributed by atoms with E-state index in [0.717, 1.165) is 0 Å². The molecule has 0 saturated carbocycles. The molecule has 0 spiro atoms. The summed E-state index contributed by atoms with van der Waals surface area (Å²) in [7, 11) is -5.42. The van der Waals surface area contributed by atoms with Crippen LogP contribution in [0.25, 0.3) is 0 Å². The van der Waals surface area contributed by atoms with Gasteiger partial charge in [0.2, 0.25) is 0 Å². The van der Waals surface area contributed by atoms with Gasteiger partial charge in [-0.25, -0.2) is 4.39 Å². The first kappa shape index (κ1) is 9.48. The zero-order valence-electron chi connectivity index (χ0n) is 5.39. The molecule has 0 aliphatic carbocycles. The van der Waals surface area contributed by atoms with Crippen LogP contribution in [0.2, 0.25) is 0 Å². The van der Waals surface area contributed by atoms with Gasteiger partial charge in [-0.1, -0.05) is 0 Å². The Kier molecular flexibility index (Phi) is 2.15. The van der Waals surface area contributed by atoms with Gasteiger partial charge in [-0.3, -0.25) is 4.79 Å². The van der Waals surface area contributed by atoms with Crippen molar-refractivity contribution in [2.24, 2.45) is 0 Å². The minimum atomic E-state index is -5.42. The van der Waals surface area contributed by atoms with Crippen molar-refractivity contribution in [1.82, 2.24) is 0 Å². The fraction of sp³-hybridized carbons (Fsp3) is 0.750. The summed E-state index contributed by atoms with van der Waals surface area (Å²) in [6.45, 7) is 1.03. The minimum absolute atomic E-state index is 0.366. The number of rotatable bonds is 2. The Hall–Kier alpha value is -0.520. The molecule has 0 amide bonds. The summed E-state index contributed by atoms with van der Waals surface area (Å²) in [4.78, 5) is 10.1. The van der Waals surface area contributed by atoms with Crippen LogP contribution in [0.3, 0.4) is 0 Å². The van der Waals surface area contributed by atoms with E-state index in [9.17, 15) is 21.5 Å². The Morgan fingerprint density at radius 2 is 1.80 bits per heavy atom. The maximum Gasteiger partial charge on any atom is 0.345 e. The lowest BCUT2D eigenvalue weighted by Crippen LogP contribution is -2.34. The molecular weight excluding hydrogens is 166 g/mol. The molecule has 1 unspecified atom stereocenters. The van der Waals surface area contributed by atoms with E-state index in [1.165, 1.54) is 0 Å². The monoisotopic (exact) mass is 172 g/mol. The maximum absolute atomic E-state index is 12.4. The van der Waals surface area contributed by atoms with Crippen LogP contribution in [-0.2, 0) is 15.0 Å². The number of ketones is 1. The Morgan fingerprint density at radius 3 is 1.80 bits per heavy atom.